The number of aldehydes is 1. The van der Waals surface area contributed by atoms with Crippen LogP contribution in [-0.2, 0) is 16.0 Å². The third-order valence-corrected chi connectivity index (χ3v) is 4.51. The fourth-order valence-corrected chi connectivity index (χ4v) is 3.10. The summed E-state index contributed by atoms with van der Waals surface area (Å²) in [6.07, 6.45) is 0.733. The Morgan fingerprint density at radius 2 is 1.89 bits per heavy atom. The molecule has 0 amide bonds. The number of hydrogen-bond donors (Lipinski definition) is 1. The minimum atomic E-state index is -0.913. The van der Waals surface area contributed by atoms with Crippen molar-refractivity contribution >= 4 is 29.1 Å². The SMILES string of the molecule is Cc1cc2c(CC(=O)O)cccc2n1C(=O)c1ccc(OCC(C)C=O)cc1. The molecule has 0 aliphatic rings. The zero-order valence-corrected chi connectivity index (χ0v) is 15.7. The Hall–Kier alpha value is -3.41. The van der Waals surface area contributed by atoms with Gasteiger partial charge in [0.25, 0.3) is 5.91 Å². The highest BCUT2D eigenvalue weighted by atomic mass is 16.5. The van der Waals surface area contributed by atoms with Gasteiger partial charge in [-0.05, 0) is 48.9 Å². The van der Waals surface area contributed by atoms with Crippen LogP contribution >= 0.6 is 0 Å². The van der Waals surface area contributed by atoms with Crippen LogP contribution in [0.25, 0.3) is 10.9 Å². The van der Waals surface area contributed by atoms with Crippen LogP contribution in [0.15, 0.2) is 48.5 Å². The maximum atomic E-state index is 13.1. The van der Waals surface area contributed by atoms with E-state index in [2.05, 4.69) is 0 Å². The molecule has 0 bridgehead atoms. The topological polar surface area (TPSA) is 85.6 Å². The van der Waals surface area contributed by atoms with E-state index >= 15 is 0 Å². The summed E-state index contributed by atoms with van der Waals surface area (Å²) >= 11 is 0. The van der Waals surface area contributed by atoms with Crippen molar-refractivity contribution in [3.8, 4) is 5.75 Å². The highest BCUT2D eigenvalue weighted by Crippen LogP contribution is 2.25. The number of nitrogens with zero attached hydrogens (tertiary/aromatic N) is 1. The summed E-state index contributed by atoms with van der Waals surface area (Å²) in [5.74, 6) is -0.727. The number of carbonyl (C=O) groups is 3. The largest absolute Gasteiger partial charge is 0.493 e. The zero-order valence-electron chi connectivity index (χ0n) is 15.7. The second-order valence-corrected chi connectivity index (χ2v) is 6.80. The van der Waals surface area contributed by atoms with Gasteiger partial charge < -0.3 is 14.6 Å². The molecule has 0 spiro atoms. The van der Waals surface area contributed by atoms with Crippen LogP contribution in [0.4, 0.5) is 0 Å². The Balaban J connectivity index is 1.90. The number of hydrogen-bond acceptors (Lipinski definition) is 4. The van der Waals surface area contributed by atoms with Gasteiger partial charge in [0.05, 0.1) is 18.5 Å². The van der Waals surface area contributed by atoms with Crippen molar-refractivity contribution in [1.29, 1.82) is 0 Å². The van der Waals surface area contributed by atoms with Gasteiger partial charge >= 0.3 is 5.97 Å². The first kappa shape index (κ1) is 19.4. The maximum Gasteiger partial charge on any atom is 0.307 e. The number of ether oxygens (including phenoxy) is 1. The van der Waals surface area contributed by atoms with Crippen molar-refractivity contribution in [2.24, 2.45) is 5.92 Å². The maximum absolute atomic E-state index is 13.1. The van der Waals surface area contributed by atoms with Gasteiger partial charge in [0.2, 0.25) is 0 Å². The van der Waals surface area contributed by atoms with Crippen LogP contribution < -0.4 is 4.74 Å². The van der Waals surface area contributed by atoms with Gasteiger partial charge in [-0.3, -0.25) is 14.2 Å². The predicted molar refractivity (Wildman–Crippen MR) is 105 cm³/mol. The van der Waals surface area contributed by atoms with Gasteiger partial charge in [-0.2, -0.15) is 0 Å². The van der Waals surface area contributed by atoms with Crippen molar-refractivity contribution in [1.82, 2.24) is 4.57 Å². The van der Waals surface area contributed by atoms with Crippen LogP contribution in [0.5, 0.6) is 5.75 Å². The molecule has 0 saturated heterocycles. The lowest BCUT2D eigenvalue weighted by Crippen LogP contribution is -2.13. The Labute approximate surface area is 162 Å². The smallest absolute Gasteiger partial charge is 0.307 e. The average Bonchev–Trinajstić information content (AvgIpc) is 3.02. The van der Waals surface area contributed by atoms with Crippen LogP contribution in [0.1, 0.15) is 28.5 Å². The molecule has 0 fully saturated rings. The van der Waals surface area contributed by atoms with E-state index in [4.69, 9.17) is 9.84 Å². The minimum absolute atomic E-state index is 0.0970. The summed E-state index contributed by atoms with van der Waals surface area (Å²) in [6, 6.07) is 13.9. The molecule has 6 heteroatoms. The van der Waals surface area contributed by atoms with Crippen LogP contribution in [0.3, 0.4) is 0 Å². The van der Waals surface area contributed by atoms with E-state index in [-0.39, 0.29) is 24.9 Å². The molecule has 1 atom stereocenters. The third kappa shape index (κ3) is 3.96. The Bertz CT molecular complexity index is 1030. The van der Waals surface area contributed by atoms with Crippen LogP contribution in [0.2, 0.25) is 0 Å². The molecule has 1 aromatic heterocycles. The Morgan fingerprint density at radius 3 is 2.54 bits per heavy atom. The van der Waals surface area contributed by atoms with E-state index in [1.807, 2.05) is 19.1 Å². The quantitative estimate of drug-likeness (QED) is 0.635. The first-order chi connectivity index (χ1) is 13.4. The van der Waals surface area contributed by atoms with Gasteiger partial charge in [0.1, 0.15) is 12.0 Å². The van der Waals surface area contributed by atoms with E-state index in [0.717, 1.165) is 17.4 Å². The highest BCUT2D eigenvalue weighted by Gasteiger charge is 2.17. The lowest BCUT2D eigenvalue weighted by molar-refractivity contribution is -0.136. The molecule has 1 heterocycles. The summed E-state index contributed by atoms with van der Waals surface area (Å²) in [4.78, 5) is 34.8. The Kier molecular flexibility index (Phi) is 5.59. The number of aromatic nitrogens is 1. The molecule has 2 aromatic carbocycles. The second kappa shape index (κ2) is 8.08. The van der Waals surface area contributed by atoms with Crippen LogP contribution in [-0.4, -0.2) is 34.4 Å². The van der Waals surface area contributed by atoms with E-state index in [1.54, 1.807) is 47.9 Å². The van der Waals surface area contributed by atoms with Gasteiger partial charge in [-0.1, -0.05) is 19.1 Å². The number of benzene rings is 2. The standard InChI is InChI=1S/C22H21NO5/c1-14(12-24)13-28-18-8-6-16(7-9-18)22(27)23-15(2)10-19-17(11-21(25)26)4-3-5-20(19)23/h3-10,12,14H,11,13H2,1-2H3,(H,25,26). The van der Waals surface area contributed by atoms with E-state index in [0.29, 0.717) is 22.4 Å². The highest BCUT2D eigenvalue weighted by molar-refractivity contribution is 6.04. The lowest BCUT2D eigenvalue weighted by Gasteiger charge is -2.10. The molecule has 0 aliphatic carbocycles. The summed E-state index contributed by atoms with van der Waals surface area (Å²) in [7, 11) is 0. The molecule has 3 rings (SSSR count). The molecular weight excluding hydrogens is 358 g/mol. The molecule has 0 radical (unpaired) electrons. The van der Waals surface area contributed by atoms with Gasteiger partial charge in [0.15, 0.2) is 0 Å². The number of carbonyl (C=O) groups excluding carboxylic acids is 2. The monoisotopic (exact) mass is 379 g/mol. The first-order valence-corrected chi connectivity index (χ1v) is 8.95. The third-order valence-electron chi connectivity index (χ3n) is 4.51. The van der Waals surface area contributed by atoms with Gasteiger partial charge in [0, 0.05) is 22.6 Å². The van der Waals surface area contributed by atoms with Crippen molar-refractivity contribution < 1.29 is 24.2 Å². The zero-order chi connectivity index (χ0) is 20.3. The molecule has 1 unspecified atom stereocenters. The lowest BCUT2D eigenvalue weighted by atomic mass is 10.1. The van der Waals surface area contributed by atoms with Gasteiger partial charge in [-0.25, -0.2) is 0 Å². The fourth-order valence-electron chi connectivity index (χ4n) is 3.10. The predicted octanol–water partition coefficient (Wildman–Crippen LogP) is 3.48. The second-order valence-electron chi connectivity index (χ2n) is 6.80. The molecule has 0 saturated carbocycles. The molecule has 0 aliphatic heterocycles. The van der Waals surface area contributed by atoms with Gasteiger partial charge in [-0.15, -0.1) is 0 Å². The normalized spacial score (nSPS) is 11.9. The van der Waals surface area contributed by atoms with Crippen molar-refractivity contribution in [3.63, 3.8) is 0 Å². The number of carboxylic acid groups (broad SMARTS) is 1. The molecule has 6 nitrogen and oxygen atoms in total. The van der Waals surface area contributed by atoms with Crippen molar-refractivity contribution in [2.75, 3.05) is 6.61 Å². The van der Waals surface area contributed by atoms with E-state index in [9.17, 15) is 14.4 Å². The summed E-state index contributed by atoms with van der Waals surface area (Å²) in [5.41, 5.74) is 2.58. The van der Waals surface area contributed by atoms with E-state index in [1.165, 1.54) is 0 Å². The van der Waals surface area contributed by atoms with Crippen molar-refractivity contribution in [3.05, 3.63) is 65.4 Å². The number of aryl methyl sites for hydroxylation is 1. The molecule has 28 heavy (non-hydrogen) atoms. The fraction of sp³-hybridized carbons (Fsp3) is 0.227. The minimum Gasteiger partial charge on any atom is -0.493 e. The van der Waals surface area contributed by atoms with E-state index < -0.39 is 5.97 Å². The number of rotatable bonds is 7. The number of carboxylic acids is 1. The Morgan fingerprint density at radius 1 is 1.18 bits per heavy atom. The molecule has 144 valence electrons. The molecule has 1 N–H and O–H groups in total. The number of fused-ring (bicyclic) bond motifs is 1. The summed E-state index contributed by atoms with van der Waals surface area (Å²) < 4.78 is 7.11. The van der Waals surface area contributed by atoms with Crippen LogP contribution in [0, 0.1) is 12.8 Å². The average molecular weight is 379 g/mol. The first-order valence-electron chi connectivity index (χ1n) is 8.95. The molecule has 3 aromatic rings. The summed E-state index contributed by atoms with van der Waals surface area (Å²) in [5, 5.41) is 9.87. The number of aliphatic carboxylic acids is 1. The van der Waals surface area contributed by atoms with Crippen molar-refractivity contribution in [2.45, 2.75) is 20.3 Å². The summed E-state index contributed by atoms with van der Waals surface area (Å²) in [6.45, 7) is 3.87. The molecular formula is C22H21NO5.